The Labute approximate surface area is 626 Å². The maximum atomic E-state index is 14.8. The largest absolute Gasteiger partial charge is 0.481 e. The Morgan fingerprint density at radius 3 is 1.38 bits per heavy atom. The van der Waals surface area contributed by atoms with Crippen LogP contribution in [0.4, 0.5) is 0 Å². The van der Waals surface area contributed by atoms with Gasteiger partial charge in [0.15, 0.2) is 0 Å². The number of carboxylic acid groups (broad SMARTS) is 2. The molecule has 22 N–H and O–H groups in total. The van der Waals surface area contributed by atoms with Gasteiger partial charge in [-0.1, -0.05) is 137 Å². The molecule has 0 fully saturated rings. The SMILES string of the molecule is CCC(C)C(N)C(=O)NC(CC(C)C)C(=O)NCC(=O)NC(CCCCN)C(=O)NC(C(=O)NC(Cc1c[nH]c2ccccc12)C(=O)NC(CCC(=O)O)C(=O)NCC(=O)NC(C(=O)NC(CCCCN)C(=O)NC(CO)C(=O)NC(CC(C)C)C(=O)NC(Cc1ccccc1)C(=O)O)C(C)CC)C(C)CC. The zero-order valence-electron chi connectivity index (χ0n) is 63.4. The molecule has 3 aromatic rings. The van der Waals surface area contributed by atoms with E-state index in [0.717, 1.165) is 0 Å². The average Bonchev–Trinajstić information content (AvgIpc) is 1.71. The second-order valence-corrected chi connectivity index (χ2v) is 28.2. The van der Waals surface area contributed by atoms with Crippen LogP contribution in [0.25, 0.3) is 10.9 Å². The molecule has 0 saturated carbocycles. The van der Waals surface area contributed by atoms with Crippen LogP contribution >= 0.6 is 0 Å². The summed E-state index contributed by atoms with van der Waals surface area (Å²) in [6, 6.07) is 0.713. The number of amides is 12. The van der Waals surface area contributed by atoms with Gasteiger partial charge in [-0.05, 0) is 118 Å². The summed E-state index contributed by atoms with van der Waals surface area (Å²) in [5.74, 6) is -14.6. The molecule has 107 heavy (non-hydrogen) atoms. The maximum Gasteiger partial charge on any atom is 0.326 e. The topological polar surface area (TPSA) is 538 Å². The fourth-order valence-corrected chi connectivity index (χ4v) is 11.5. The number of aliphatic hydroxyl groups excluding tert-OH is 1. The van der Waals surface area contributed by atoms with E-state index < -0.39 is 194 Å². The highest BCUT2D eigenvalue weighted by atomic mass is 16.4. The third kappa shape index (κ3) is 32.2. The molecule has 33 nitrogen and oxygen atoms in total. The van der Waals surface area contributed by atoms with Gasteiger partial charge in [0, 0.05) is 36.4 Å². The summed E-state index contributed by atoms with van der Waals surface area (Å²) in [4.78, 5) is 195. The Morgan fingerprint density at radius 2 is 0.850 bits per heavy atom. The van der Waals surface area contributed by atoms with Crippen LogP contribution < -0.4 is 81.0 Å². The van der Waals surface area contributed by atoms with E-state index in [1.165, 1.54) is 0 Å². The van der Waals surface area contributed by atoms with E-state index in [4.69, 9.17) is 17.2 Å². The highest BCUT2D eigenvalue weighted by molar-refractivity contribution is 5.99. The predicted molar refractivity (Wildman–Crippen MR) is 400 cm³/mol. The van der Waals surface area contributed by atoms with Crippen LogP contribution in [0.15, 0.2) is 60.8 Å². The Bertz CT molecular complexity index is 3410. The summed E-state index contributed by atoms with van der Waals surface area (Å²) in [5, 5.41) is 61.9. The normalized spacial score (nSPS) is 15.3. The summed E-state index contributed by atoms with van der Waals surface area (Å²) in [7, 11) is 0. The molecule has 0 radical (unpaired) electrons. The molecule has 596 valence electrons. The Hall–Kier alpha value is -9.60. The quantitative estimate of drug-likeness (QED) is 0.0325. The van der Waals surface area contributed by atoms with Gasteiger partial charge in [-0.25, -0.2) is 4.79 Å². The van der Waals surface area contributed by atoms with Crippen molar-refractivity contribution in [1.29, 1.82) is 0 Å². The standard InChI is InChI=1S/C74H118N16O17/c1-11-43(8)61(77)71(103)85-53(33-41(4)5)65(97)80-38-58(92)81-50(27-19-21-31-75)67(99)90-63(45(10)13-3)73(105)86-55(36-47-37-78-49-26-18-17-25-48(47)49)69(101)82-52(29-30-60(94)95)64(96)79-39-59(93)89-62(44(9)12-2)72(104)83-51(28-20-22-32-76)66(98)88-57(40-91)70(102)84-54(34-42(6)7)68(100)87-56(74(106)107)35-46-23-15-14-16-24-46/h14-18,23-26,37,41-45,50-57,61-63,78,91H,11-13,19-22,27-36,38-40,75-77H2,1-10H3,(H,79,96)(H,80,97)(H,81,92)(H,82,101)(H,83,104)(H,84,102)(H,85,103)(H,86,105)(H,87,100)(H,88,98)(H,89,93)(H,90,99)(H,94,95)(H,106,107). The first-order valence-electron chi connectivity index (χ1n) is 37.1. The summed E-state index contributed by atoms with van der Waals surface area (Å²) in [6.07, 6.45) is 3.07. The van der Waals surface area contributed by atoms with E-state index in [0.29, 0.717) is 54.1 Å². The molecular formula is C74H118N16O17. The number of fused-ring (bicyclic) bond motifs is 1. The fourth-order valence-electron chi connectivity index (χ4n) is 11.5. The molecule has 2 aromatic carbocycles. The number of aliphatic hydroxyl groups is 1. The van der Waals surface area contributed by atoms with Crippen molar-refractivity contribution in [2.24, 2.45) is 46.8 Å². The van der Waals surface area contributed by atoms with E-state index in [-0.39, 0.29) is 82.2 Å². The fraction of sp³-hybridized carbons (Fsp3) is 0.622. The van der Waals surface area contributed by atoms with E-state index in [1.807, 2.05) is 27.7 Å². The number of rotatable bonds is 51. The highest BCUT2D eigenvalue weighted by Crippen LogP contribution is 2.21. The second kappa shape index (κ2) is 47.9. The first-order valence-corrected chi connectivity index (χ1v) is 37.1. The molecule has 0 spiro atoms. The molecule has 12 amide bonds. The Morgan fingerprint density at radius 1 is 0.430 bits per heavy atom. The summed E-state index contributed by atoms with van der Waals surface area (Å²) in [5.41, 5.74) is 19.5. The van der Waals surface area contributed by atoms with E-state index >= 15 is 0 Å². The lowest BCUT2D eigenvalue weighted by molar-refractivity contribution is -0.142. The number of carbonyl (C=O) groups excluding carboxylic acids is 12. The van der Waals surface area contributed by atoms with Crippen molar-refractivity contribution in [2.75, 3.05) is 32.8 Å². The minimum atomic E-state index is -1.68. The van der Waals surface area contributed by atoms with Crippen LogP contribution in [-0.4, -0.2) is 202 Å². The number of carbonyl (C=O) groups is 14. The number of hydrogen-bond acceptors (Lipinski definition) is 18. The molecular weight excluding hydrogens is 1380 g/mol. The number of unbranched alkanes of at least 4 members (excludes halogenated alkanes) is 2. The van der Waals surface area contributed by atoms with Gasteiger partial charge in [0.2, 0.25) is 70.9 Å². The van der Waals surface area contributed by atoms with Crippen molar-refractivity contribution in [1.82, 2.24) is 68.8 Å². The van der Waals surface area contributed by atoms with Gasteiger partial charge in [-0.2, -0.15) is 0 Å². The zero-order chi connectivity index (χ0) is 80.0. The number of aromatic amines is 1. The molecule has 3 rings (SSSR count). The van der Waals surface area contributed by atoms with Crippen molar-refractivity contribution in [3.8, 4) is 0 Å². The van der Waals surface area contributed by atoms with Crippen molar-refractivity contribution in [3.05, 3.63) is 71.9 Å². The maximum absolute atomic E-state index is 14.8. The second-order valence-electron chi connectivity index (χ2n) is 28.2. The Balaban J connectivity index is 1.88. The molecule has 1 aromatic heterocycles. The van der Waals surface area contributed by atoms with Gasteiger partial charge in [0.25, 0.3) is 0 Å². The summed E-state index contributed by atoms with van der Waals surface area (Å²) >= 11 is 0. The molecule has 14 unspecified atom stereocenters. The molecule has 0 aliphatic carbocycles. The van der Waals surface area contributed by atoms with E-state index in [9.17, 15) is 82.4 Å². The van der Waals surface area contributed by atoms with Crippen molar-refractivity contribution < 1.29 is 82.4 Å². The van der Waals surface area contributed by atoms with Crippen LogP contribution in [0.5, 0.6) is 0 Å². The molecule has 33 heteroatoms. The number of para-hydroxylation sites is 1. The van der Waals surface area contributed by atoms with Crippen LogP contribution in [0.1, 0.15) is 164 Å². The number of nitrogens with one attached hydrogen (secondary N) is 13. The minimum absolute atomic E-state index is 0.0346. The van der Waals surface area contributed by atoms with Gasteiger partial charge in [-0.3, -0.25) is 62.3 Å². The van der Waals surface area contributed by atoms with Gasteiger partial charge >= 0.3 is 11.9 Å². The lowest BCUT2D eigenvalue weighted by Gasteiger charge is -2.29. The lowest BCUT2D eigenvalue weighted by atomic mass is 9.96. The highest BCUT2D eigenvalue weighted by Gasteiger charge is 2.38. The molecule has 0 bridgehead atoms. The van der Waals surface area contributed by atoms with Crippen LogP contribution in [-0.2, 0) is 80.0 Å². The Kier molecular flexibility index (Phi) is 41.0. The third-order valence-electron chi connectivity index (χ3n) is 18.6. The van der Waals surface area contributed by atoms with Crippen molar-refractivity contribution >= 4 is 93.7 Å². The first-order chi connectivity index (χ1) is 50.7. The van der Waals surface area contributed by atoms with Crippen molar-refractivity contribution in [2.45, 2.75) is 232 Å². The minimum Gasteiger partial charge on any atom is -0.481 e. The lowest BCUT2D eigenvalue weighted by Crippen LogP contribution is -2.61. The number of aliphatic carboxylic acids is 2. The van der Waals surface area contributed by atoms with Gasteiger partial charge in [-0.15, -0.1) is 0 Å². The molecule has 0 aliphatic rings. The third-order valence-corrected chi connectivity index (χ3v) is 18.6. The molecule has 0 aliphatic heterocycles. The molecule has 1 heterocycles. The monoisotopic (exact) mass is 1500 g/mol. The number of aromatic nitrogens is 1. The first kappa shape index (κ1) is 91.6. The average molecular weight is 1500 g/mol. The van der Waals surface area contributed by atoms with Gasteiger partial charge < -0.3 is 101 Å². The smallest absolute Gasteiger partial charge is 0.326 e. The molecule has 14 atom stereocenters. The van der Waals surface area contributed by atoms with Crippen LogP contribution in [0, 0.1) is 29.6 Å². The van der Waals surface area contributed by atoms with E-state index in [2.05, 4.69) is 68.8 Å². The van der Waals surface area contributed by atoms with E-state index in [1.54, 1.807) is 102 Å². The van der Waals surface area contributed by atoms with Gasteiger partial charge in [0.05, 0.1) is 25.7 Å². The summed E-state index contributed by atoms with van der Waals surface area (Å²) < 4.78 is 0. The van der Waals surface area contributed by atoms with Crippen LogP contribution in [0.3, 0.4) is 0 Å². The number of benzene rings is 2. The predicted octanol–water partition coefficient (Wildman–Crippen LogP) is -0.209. The zero-order valence-corrected chi connectivity index (χ0v) is 63.4. The van der Waals surface area contributed by atoms with Crippen molar-refractivity contribution in [3.63, 3.8) is 0 Å². The van der Waals surface area contributed by atoms with Gasteiger partial charge in [0.1, 0.15) is 60.4 Å². The number of carboxylic acids is 2. The number of nitrogens with two attached hydrogens (primary N) is 3. The number of hydrogen-bond donors (Lipinski definition) is 19. The van der Waals surface area contributed by atoms with Crippen LogP contribution in [0.2, 0.25) is 0 Å². The number of H-pyrrole nitrogens is 1. The summed E-state index contributed by atoms with van der Waals surface area (Å²) in [6.45, 7) is 15.7. The molecule has 0 saturated heterocycles.